The standard InChI is InChI=1S/C48H60N14O4/c1-27(2)51-38-16-14-34(44(64)55-39-17-18-40(59-58-39)60(5)6)42(54-38)52-30-11-12-31(23-30)53-45(65)36-24-48(36)19-21-61(22-20-48)33-13-15-37(49-25-33)56-47-50-26-35-28(3)41(29(4)63)46(66)62(43(35)57-47)32-9-7-8-10-32/h13-18,25-27,30-32,36H,7-12,19-24H2,1-6H3,(H,53,65)(H2,51,52,54)(H,55,58,64)(H,49,50,56,57). The van der Waals surface area contributed by atoms with Crippen molar-refractivity contribution in [2.45, 2.75) is 116 Å². The summed E-state index contributed by atoms with van der Waals surface area (Å²) in [5.41, 5.74) is 2.51. The molecule has 346 valence electrons. The molecule has 5 aromatic heterocycles. The highest BCUT2D eigenvalue weighted by Gasteiger charge is 2.58. The summed E-state index contributed by atoms with van der Waals surface area (Å²) in [6.07, 6.45) is 12.5. The molecule has 4 aliphatic rings. The Hall–Kier alpha value is -6.72. The number of nitrogens with zero attached hydrogens (tertiary/aromatic N) is 9. The Morgan fingerprint density at radius 2 is 1.61 bits per heavy atom. The molecular weight excluding hydrogens is 837 g/mol. The third kappa shape index (κ3) is 9.22. The van der Waals surface area contributed by atoms with Gasteiger partial charge in [0.15, 0.2) is 17.4 Å². The average Bonchev–Trinajstić information content (AvgIpc) is 3.54. The number of nitrogens with one attached hydrogen (secondary N) is 5. The predicted octanol–water partition coefficient (Wildman–Crippen LogP) is 6.64. The molecular formula is C48H60N14O4. The van der Waals surface area contributed by atoms with Crippen molar-refractivity contribution in [2.75, 3.05) is 58.3 Å². The zero-order valence-corrected chi connectivity index (χ0v) is 38.6. The summed E-state index contributed by atoms with van der Waals surface area (Å²) in [7, 11) is 3.75. The number of carbonyl (C=O) groups excluding carboxylic acids is 3. The van der Waals surface area contributed by atoms with Crippen molar-refractivity contribution in [3.8, 4) is 0 Å². The lowest BCUT2D eigenvalue weighted by Gasteiger charge is -2.34. The van der Waals surface area contributed by atoms with Crippen LogP contribution < -0.4 is 41.9 Å². The van der Waals surface area contributed by atoms with E-state index in [9.17, 15) is 19.2 Å². The number of anilines is 7. The Kier molecular flexibility index (Phi) is 12.3. The number of pyridine rings is 3. The first-order valence-electron chi connectivity index (χ1n) is 23.3. The molecule has 0 aromatic carbocycles. The predicted molar refractivity (Wildman–Crippen MR) is 256 cm³/mol. The first-order chi connectivity index (χ1) is 31.7. The minimum Gasteiger partial charge on any atom is -0.370 e. The fraction of sp³-hybridized carbons (Fsp3) is 0.500. The van der Waals surface area contributed by atoms with Gasteiger partial charge in [-0.15, -0.1) is 10.2 Å². The number of amides is 2. The minimum atomic E-state index is -0.339. The van der Waals surface area contributed by atoms with E-state index < -0.39 is 0 Å². The summed E-state index contributed by atoms with van der Waals surface area (Å²) < 4.78 is 1.71. The van der Waals surface area contributed by atoms with Crippen molar-refractivity contribution >= 4 is 69.4 Å². The van der Waals surface area contributed by atoms with E-state index >= 15 is 0 Å². The first-order valence-corrected chi connectivity index (χ1v) is 23.3. The SMILES string of the molecule is CC(=O)c1c(C)c2cnc(Nc3ccc(N4CCC5(CC4)CC5C(=O)NC4CCC(Nc5nc(NC(C)C)ccc5C(=O)Nc5ccc(N(C)C)nn5)C4)cn3)nc2n(C2CCCC2)c1=O. The molecule has 3 aliphatic carbocycles. The molecule has 5 aromatic rings. The molecule has 2 amide bonds. The van der Waals surface area contributed by atoms with Crippen molar-refractivity contribution in [2.24, 2.45) is 11.3 Å². The van der Waals surface area contributed by atoms with Crippen molar-refractivity contribution in [3.63, 3.8) is 0 Å². The fourth-order valence-corrected chi connectivity index (χ4v) is 10.2. The monoisotopic (exact) mass is 896 g/mol. The van der Waals surface area contributed by atoms with Crippen LogP contribution in [0.15, 0.2) is 53.6 Å². The van der Waals surface area contributed by atoms with Crippen molar-refractivity contribution in [3.05, 3.63) is 75.8 Å². The number of aromatic nitrogens is 7. The molecule has 4 fully saturated rings. The van der Waals surface area contributed by atoms with Gasteiger partial charge in [0.25, 0.3) is 11.5 Å². The van der Waals surface area contributed by atoms with Gasteiger partial charge in [-0.1, -0.05) is 12.8 Å². The topological polar surface area (TPSA) is 217 Å². The summed E-state index contributed by atoms with van der Waals surface area (Å²) in [6, 6.07) is 11.2. The van der Waals surface area contributed by atoms with E-state index in [0.717, 1.165) is 83.0 Å². The van der Waals surface area contributed by atoms with Gasteiger partial charge < -0.3 is 36.4 Å². The van der Waals surface area contributed by atoms with E-state index in [2.05, 4.69) is 46.7 Å². The highest BCUT2D eigenvalue weighted by molar-refractivity contribution is 6.07. The third-order valence-electron chi connectivity index (χ3n) is 13.9. The summed E-state index contributed by atoms with van der Waals surface area (Å²) in [5.74, 6) is 2.65. The van der Waals surface area contributed by atoms with Crippen LogP contribution in [0.3, 0.4) is 0 Å². The maximum atomic E-state index is 13.7. The van der Waals surface area contributed by atoms with Crippen molar-refractivity contribution in [1.82, 2.24) is 40.0 Å². The number of rotatable bonds is 14. The maximum Gasteiger partial charge on any atom is 0.263 e. The highest BCUT2D eigenvalue weighted by atomic mass is 16.2. The number of aryl methyl sites for hydroxylation is 1. The quantitative estimate of drug-likeness (QED) is 0.0739. The Labute approximate surface area is 384 Å². The van der Waals surface area contributed by atoms with Gasteiger partial charge in [-0.3, -0.25) is 23.7 Å². The fourth-order valence-electron chi connectivity index (χ4n) is 10.2. The van der Waals surface area contributed by atoms with Gasteiger partial charge in [-0.05, 0) is 126 Å². The van der Waals surface area contributed by atoms with Crippen LogP contribution in [0.2, 0.25) is 0 Å². The Bertz CT molecular complexity index is 2690. The second-order valence-electron chi connectivity index (χ2n) is 19.1. The van der Waals surface area contributed by atoms with Gasteiger partial charge in [0.2, 0.25) is 11.9 Å². The van der Waals surface area contributed by atoms with E-state index in [1.807, 2.05) is 51.2 Å². The molecule has 18 nitrogen and oxygen atoms in total. The summed E-state index contributed by atoms with van der Waals surface area (Å²) >= 11 is 0. The number of hydrogen-bond donors (Lipinski definition) is 5. The molecule has 0 bridgehead atoms. The summed E-state index contributed by atoms with van der Waals surface area (Å²) in [5, 5.41) is 25.4. The van der Waals surface area contributed by atoms with Crippen LogP contribution in [0.4, 0.5) is 40.7 Å². The molecule has 3 saturated carbocycles. The molecule has 5 N–H and O–H groups in total. The summed E-state index contributed by atoms with van der Waals surface area (Å²) in [4.78, 5) is 76.4. The first kappa shape index (κ1) is 44.5. The van der Waals surface area contributed by atoms with E-state index in [0.29, 0.717) is 57.2 Å². The van der Waals surface area contributed by atoms with Gasteiger partial charge in [-0.25, -0.2) is 15.0 Å². The van der Waals surface area contributed by atoms with Crippen molar-refractivity contribution in [1.29, 1.82) is 0 Å². The third-order valence-corrected chi connectivity index (χ3v) is 13.9. The number of ketones is 1. The molecule has 18 heteroatoms. The van der Waals surface area contributed by atoms with Gasteiger partial charge in [-0.2, -0.15) is 4.98 Å². The lowest BCUT2D eigenvalue weighted by atomic mass is 9.90. The van der Waals surface area contributed by atoms with Crippen LogP contribution in [-0.4, -0.2) is 97.6 Å². The number of piperidine rings is 1. The zero-order valence-electron chi connectivity index (χ0n) is 38.6. The Morgan fingerprint density at radius 1 is 0.864 bits per heavy atom. The lowest BCUT2D eigenvalue weighted by Crippen LogP contribution is -2.39. The Balaban J connectivity index is 0.779. The van der Waals surface area contributed by atoms with Crippen LogP contribution in [0.25, 0.3) is 11.0 Å². The minimum absolute atomic E-state index is 0.00137. The second kappa shape index (κ2) is 18.3. The number of Topliss-reactive ketones (excluding diaryl/α,β-unsaturated/α-hetero) is 1. The van der Waals surface area contributed by atoms with Crippen molar-refractivity contribution < 1.29 is 14.4 Å². The largest absolute Gasteiger partial charge is 0.370 e. The lowest BCUT2D eigenvalue weighted by molar-refractivity contribution is -0.123. The van der Waals surface area contributed by atoms with Crippen LogP contribution >= 0.6 is 0 Å². The van der Waals surface area contributed by atoms with E-state index in [1.54, 1.807) is 42.0 Å². The van der Waals surface area contributed by atoms with Gasteiger partial charge >= 0.3 is 0 Å². The molecule has 1 spiro atoms. The molecule has 3 unspecified atom stereocenters. The molecule has 1 saturated heterocycles. The molecule has 0 radical (unpaired) electrons. The van der Waals surface area contributed by atoms with Crippen LogP contribution in [0, 0.1) is 18.3 Å². The van der Waals surface area contributed by atoms with Crippen LogP contribution in [0.1, 0.15) is 117 Å². The number of fused-ring (bicyclic) bond motifs is 1. The molecule has 9 rings (SSSR count). The van der Waals surface area contributed by atoms with Gasteiger partial charge in [0, 0.05) is 68.9 Å². The Morgan fingerprint density at radius 3 is 2.29 bits per heavy atom. The molecule has 6 heterocycles. The maximum absolute atomic E-state index is 13.7. The smallest absolute Gasteiger partial charge is 0.263 e. The van der Waals surface area contributed by atoms with Gasteiger partial charge in [0.1, 0.15) is 23.1 Å². The molecule has 3 atom stereocenters. The summed E-state index contributed by atoms with van der Waals surface area (Å²) in [6.45, 7) is 8.97. The number of carbonyl (C=O) groups is 3. The molecule has 66 heavy (non-hydrogen) atoms. The normalized spacial score (nSPS) is 20.1. The van der Waals surface area contributed by atoms with E-state index in [-0.39, 0.29) is 64.2 Å². The second-order valence-corrected chi connectivity index (χ2v) is 19.1. The van der Waals surface area contributed by atoms with Crippen LogP contribution in [0.5, 0.6) is 0 Å². The molecule has 1 aliphatic heterocycles. The van der Waals surface area contributed by atoms with E-state index in [1.165, 1.54) is 6.92 Å². The van der Waals surface area contributed by atoms with E-state index in [4.69, 9.17) is 15.0 Å². The van der Waals surface area contributed by atoms with Gasteiger partial charge in [0.05, 0.1) is 23.0 Å². The highest BCUT2D eigenvalue weighted by Crippen LogP contribution is 2.59. The van der Waals surface area contributed by atoms with Crippen LogP contribution in [-0.2, 0) is 4.79 Å². The average molecular weight is 897 g/mol. The zero-order chi connectivity index (χ0) is 46.3. The number of hydrogen-bond acceptors (Lipinski definition) is 15.